The van der Waals surface area contributed by atoms with Crippen molar-refractivity contribution in [3.05, 3.63) is 41.0 Å². The molecule has 0 bridgehead atoms. The largest absolute Gasteiger partial charge is 0.348 e. The van der Waals surface area contributed by atoms with Crippen LogP contribution in [0.1, 0.15) is 33.9 Å². The molecule has 0 unspecified atom stereocenters. The first-order valence-corrected chi connectivity index (χ1v) is 7.33. The lowest BCUT2D eigenvalue weighted by Gasteiger charge is -2.16. The summed E-state index contributed by atoms with van der Waals surface area (Å²) in [6, 6.07) is 3.41. The minimum atomic E-state index is -0.470. The molecule has 0 aromatic carbocycles. The number of nitrogens with one attached hydrogen (secondary N) is 1. The third-order valence-electron chi connectivity index (χ3n) is 3.92. The summed E-state index contributed by atoms with van der Waals surface area (Å²) in [4.78, 5) is 25.8. The summed E-state index contributed by atoms with van der Waals surface area (Å²) >= 11 is 0. The number of aromatic nitrogens is 3. The highest BCUT2D eigenvalue weighted by Gasteiger charge is 2.22. The minimum absolute atomic E-state index is 0.415. The van der Waals surface area contributed by atoms with Crippen LogP contribution in [0.2, 0.25) is 0 Å². The van der Waals surface area contributed by atoms with Gasteiger partial charge in [-0.15, -0.1) is 0 Å². The van der Waals surface area contributed by atoms with Gasteiger partial charge in [-0.2, -0.15) is 5.10 Å². The first-order chi connectivity index (χ1) is 10.4. The van der Waals surface area contributed by atoms with Crippen LogP contribution < -0.4 is 0 Å². The van der Waals surface area contributed by atoms with E-state index in [1.54, 1.807) is 37.0 Å². The molecule has 6 heteroatoms. The molecule has 0 aliphatic carbocycles. The number of rotatable bonds is 6. The second-order valence-corrected chi connectivity index (χ2v) is 5.58. The number of carbonyl (C=O) groups excluding carboxylic acids is 2. The van der Waals surface area contributed by atoms with Crippen molar-refractivity contribution in [2.75, 3.05) is 13.6 Å². The molecule has 0 aliphatic heterocycles. The Morgan fingerprint density at radius 1 is 1.36 bits per heavy atom. The first-order valence-electron chi connectivity index (χ1n) is 7.33. The van der Waals surface area contributed by atoms with Crippen molar-refractivity contribution in [2.24, 2.45) is 7.05 Å². The molecule has 2 aromatic rings. The van der Waals surface area contributed by atoms with Gasteiger partial charge in [0.2, 0.25) is 0 Å². The molecule has 2 rings (SSSR count). The van der Waals surface area contributed by atoms with Gasteiger partial charge in [-0.05, 0) is 44.4 Å². The van der Waals surface area contributed by atoms with Crippen LogP contribution in [0, 0.1) is 13.8 Å². The van der Waals surface area contributed by atoms with Gasteiger partial charge in [0.25, 0.3) is 11.7 Å². The van der Waals surface area contributed by atoms with Gasteiger partial charge in [0.05, 0.1) is 11.4 Å². The summed E-state index contributed by atoms with van der Waals surface area (Å²) < 4.78 is 1.66. The Bertz CT molecular complexity index is 665. The van der Waals surface area contributed by atoms with Gasteiger partial charge in [0.15, 0.2) is 0 Å². The highest BCUT2D eigenvalue weighted by Crippen LogP contribution is 2.12. The van der Waals surface area contributed by atoms with Crippen LogP contribution in [0.5, 0.6) is 0 Å². The molecule has 0 atom stereocenters. The van der Waals surface area contributed by atoms with Crippen LogP contribution in [-0.2, 0) is 18.3 Å². The number of hydrogen-bond acceptors (Lipinski definition) is 3. The smallest absolute Gasteiger partial charge is 0.296 e. The lowest BCUT2D eigenvalue weighted by Crippen LogP contribution is -2.35. The molecule has 0 aliphatic rings. The summed E-state index contributed by atoms with van der Waals surface area (Å²) in [5.74, 6) is -0.937. The van der Waals surface area contributed by atoms with Gasteiger partial charge in [0, 0.05) is 32.5 Å². The van der Waals surface area contributed by atoms with E-state index in [0.717, 1.165) is 24.2 Å². The number of aromatic amines is 1. The van der Waals surface area contributed by atoms with Crippen LogP contribution in [0.3, 0.4) is 0 Å². The topological polar surface area (TPSA) is 71.0 Å². The Kier molecular flexibility index (Phi) is 4.80. The molecule has 1 amide bonds. The number of Topliss-reactive ketones (excluding diaryl/α,β-unsaturated/α-hetero) is 1. The third-order valence-corrected chi connectivity index (χ3v) is 3.92. The predicted octanol–water partition coefficient (Wildman–Crippen LogP) is 1.64. The number of H-pyrrole nitrogens is 1. The van der Waals surface area contributed by atoms with Crippen molar-refractivity contribution in [1.29, 1.82) is 0 Å². The summed E-state index contributed by atoms with van der Waals surface area (Å²) in [7, 11) is 3.42. The number of carbonyl (C=O) groups is 2. The summed E-state index contributed by atoms with van der Waals surface area (Å²) in [6.45, 7) is 4.49. The van der Waals surface area contributed by atoms with Crippen molar-refractivity contribution < 1.29 is 9.59 Å². The normalized spacial score (nSPS) is 10.7. The van der Waals surface area contributed by atoms with E-state index >= 15 is 0 Å². The molecule has 0 spiro atoms. The summed E-state index contributed by atoms with van der Waals surface area (Å²) in [5, 5.41) is 7.11. The maximum absolute atomic E-state index is 12.2. The first kappa shape index (κ1) is 16.0. The summed E-state index contributed by atoms with van der Waals surface area (Å²) in [5.41, 5.74) is 3.66. The molecule has 0 radical (unpaired) electrons. The predicted molar refractivity (Wildman–Crippen MR) is 83.8 cm³/mol. The van der Waals surface area contributed by atoms with Crippen LogP contribution in [-0.4, -0.2) is 44.9 Å². The second kappa shape index (κ2) is 6.60. The number of aryl methyl sites for hydroxylation is 3. The van der Waals surface area contributed by atoms with E-state index in [-0.39, 0.29) is 0 Å². The van der Waals surface area contributed by atoms with Crippen molar-refractivity contribution >= 4 is 11.7 Å². The van der Waals surface area contributed by atoms with Gasteiger partial charge >= 0.3 is 0 Å². The lowest BCUT2D eigenvalue weighted by atomic mass is 10.1. The monoisotopic (exact) mass is 302 g/mol. The Labute approximate surface area is 130 Å². The highest BCUT2D eigenvalue weighted by atomic mass is 16.2. The zero-order valence-corrected chi connectivity index (χ0v) is 13.5. The van der Waals surface area contributed by atoms with Gasteiger partial charge in [-0.25, -0.2) is 0 Å². The molecular formula is C16H22N4O2. The molecular weight excluding hydrogens is 280 g/mol. The van der Waals surface area contributed by atoms with E-state index in [1.807, 2.05) is 13.8 Å². The average Bonchev–Trinajstić information content (AvgIpc) is 3.05. The maximum atomic E-state index is 12.2. The zero-order chi connectivity index (χ0) is 16.3. The van der Waals surface area contributed by atoms with E-state index in [0.29, 0.717) is 12.2 Å². The fraction of sp³-hybridized carbons (Fsp3) is 0.438. The van der Waals surface area contributed by atoms with Gasteiger partial charge in [-0.1, -0.05) is 0 Å². The van der Waals surface area contributed by atoms with Crippen LogP contribution in [0.15, 0.2) is 18.3 Å². The molecule has 1 N–H and O–H groups in total. The number of likely N-dealkylation sites (N-methyl/N-ethyl adjacent to an activating group) is 1. The molecule has 2 heterocycles. The lowest BCUT2D eigenvalue weighted by molar-refractivity contribution is -0.125. The van der Waals surface area contributed by atoms with E-state index in [2.05, 4.69) is 10.2 Å². The van der Waals surface area contributed by atoms with E-state index < -0.39 is 11.7 Å². The molecule has 2 aromatic heterocycles. The van der Waals surface area contributed by atoms with Gasteiger partial charge < -0.3 is 9.47 Å². The zero-order valence-electron chi connectivity index (χ0n) is 13.5. The Morgan fingerprint density at radius 3 is 2.64 bits per heavy atom. The third kappa shape index (κ3) is 3.27. The molecule has 22 heavy (non-hydrogen) atoms. The second-order valence-electron chi connectivity index (χ2n) is 5.58. The van der Waals surface area contributed by atoms with Crippen molar-refractivity contribution in [1.82, 2.24) is 19.7 Å². The Morgan fingerprint density at radius 2 is 2.09 bits per heavy atom. The minimum Gasteiger partial charge on any atom is -0.348 e. The molecule has 0 saturated heterocycles. The molecule has 6 nitrogen and oxygen atoms in total. The average molecular weight is 302 g/mol. The van der Waals surface area contributed by atoms with Gasteiger partial charge in [0.1, 0.15) is 0 Å². The van der Waals surface area contributed by atoms with E-state index in [4.69, 9.17) is 0 Å². The quantitative estimate of drug-likeness (QED) is 0.651. The summed E-state index contributed by atoms with van der Waals surface area (Å²) in [6.07, 6.45) is 3.39. The SMILES string of the molecule is Cc1n[nH]c(C)c1CCCN(C)C(=O)C(=O)c1cccn1C. The van der Waals surface area contributed by atoms with Gasteiger partial charge in [-0.3, -0.25) is 14.7 Å². The Hall–Kier alpha value is -2.37. The van der Waals surface area contributed by atoms with Crippen LogP contribution in [0.4, 0.5) is 0 Å². The Balaban J connectivity index is 1.89. The van der Waals surface area contributed by atoms with E-state index in [9.17, 15) is 9.59 Å². The highest BCUT2D eigenvalue weighted by molar-refractivity contribution is 6.42. The molecule has 0 saturated carbocycles. The molecule has 118 valence electrons. The maximum Gasteiger partial charge on any atom is 0.296 e. The number of amides is 1. The van der Waals surface area contributed by atoms with Crippen molar-refractivity contribution in [2.45, 2.75) is 26.7 Å². The van der Waals surface area contributed by atoms with Crippen LogP contribution in [0.25, 0.3) is 0 Å². The molecule has 0 fully saturated rings. The number of hydrogen-bond donors (Lipinski definition) is 1. The standard InChI is InChI=1S/C16H22N4O2/c1-11-13(12(2)18-17-11)7-5-10-20(4)16(22)15(21)14-8-6-9-19(14)3/h6,8-9H,5,7,10H2,1-4H3,(H,17,18). The number of nitrogens with zero attached hydrogens (tertiary/aromatic N) is 3. The van der Waals surface area contributed by atoms with Crippen molar-refractivity contribution in [3.63, 3.8) is 0 Å². The fourth-order valence-corrected chi connectivity index (χ4v) is 2.52. The fourth-order valence-electron chi connectivity index (χ4n) is 2.52. The van der Waals surface area contributed by atoms with E-state index in [1.165, 1.54) is 10.5 Å². The van der Waals surface area contributed by atoms with Crippen molar-refractivity contribution in [3.8, 4) is 0 Å². The number of ketones is 1. The van der Waals surface area contributed by atoms with Crippen LogP contribution >= 0.6 is 0 Å².